The van der Waals surface area contributed by atoms with Gasteiger partial charge in [0.2, 0.25) is 0 Å². The van der Waals surface area contributed by atoms with Crippen LogP contribution in [0.4, 0.5) is 0 Å². The van der Waals surface area contributed by atoms with Gasteiger partial charge in [0.15, 0.2) is 5.82 Å². The minimum Gasteiger partial charge on any atom is -0.228 e. The Morgan fingerprint density at radius 1 is 0.436 bits per heavy atom. The number of hydrogen-bond donors (Lipinski definition) is 0. The molecule has 0 N–H and O–H groups in total. The van der Waals surface area contributed by atoms with Gasteiger partial charge in [0, 0.05) is 11.1 Å². The Bertz CT molecular complexity index is 1830. The van der Waals surface area contributed by atoms with Crippen molar-refractivity contribution in [1.29, 1.82) is 0 Å². The van der Waals surface area contributed by atoms with Crippen molar-refractivity contribution in [2.24, 2.45) is 0 Å². The number of rotatable bonds is 4. The van der Waals surface area contributed by atoms with Crippen LogP contribution in [-0.2, 0) is 0 Å². The highest BCUT2D eigenvalue weighted by Gasteiger charge is 2.41. The summed E-state index contributed by atoms with van der Waals surface area (Å²) in [4.78, 5) is 10.6. The van der Waals surface area contributed by atoms with E-state index in [0.29, 0.717) is 0 Å². The molecule has 2 heterocycles. The summed E-state index contributed by atoms with van der Waals surface area (Å²) in [6.45, 7) is 4.86. The zero-order valence-electron chi connectivity index (χ0n) is 22.1. The quantitative estimate of drug-likeness (QED) is 0.222. The first-order chi connectivity index (χ1) is 19.1. The van der Waals surface area contributed by atoms with Gasteiger partial charge in [-0.1, -0.05) is 134 Å². The first kappa shape index (κ1) is 23.5. The Balaban J connectivity index is 1.47. The molecule has 0 radical (unpaired) electrons. The molecular formula is C36H28N2Si. The minimum absolute atomic E-state index is 0.771. The SMILES string of the molecule is C[Si]1(C)c2ccccc2-c2nc(-c3cccc(-c4ccccc4)c3)nc(-c3cccc(-c4ccccc4)c3)c21. The van der Waals surface area contributed by atoms with Crippen LogP contribution in [0.25, 0.3) is 56.2 Å². The maximum absolute atomic E-state index is 5.36. The molecule has 1 aromatic heterocycles. The third-order valence-electron chi connectivity index (χ3n) is 7.86. The van der Waals surface area contributed by atoms with Crippen LogP contribution in [0.5, 0.6) is 0 Å². The summed E-state index contributed by atoms with van der Waals surface area (Å²) in [5, 5.41) is 2.77. The predicted molar refractivity (Wildman–Crippen MR) is 166 cm³/mol. The number of benzene rings is 5. The fourth-order valence-corrected chi connectivity index (χ4v) is 9.13. The largest absolute Gasteiger partial charge is 0.228 e. The molecule has 1 aliphatic heterocycles. The third kappa shape index (κ3) is 4.03. The summed E-state index contributed by atoms with van der Waals surface area (Å²) < 4.78 is 0. The fraction of sp³-hybridized carbons (Fsp3) is 0.0556. The lowest BCUT2D eigenvalue weighted by molar-refractivity contribution is 1.20. The monoisotopic (exact) mass is 516 g/mol. The molecule has 5 aromatic carbocycles. The number of hydrogen-bond acceptors (Lipinski definition) is 2. The normalized spacial score (nSPS) is 13.1. The molecule has 0 amide bonds. The van der Waals surface area contributed by atoms with Gasteiger partial charge in [-0.15, -0.1) is 0 Å². The molecule has 0 unspecified atom stereocenters. The van der Waals surface area contributed by atoms with Gasteiger partial charge >= 0.3 is 0 Å². The molecule has 7 rings (SSSR count). The van der Waals surface area contributed by atoms with E-state index >= 15 is 0 Å². The van der Waals surface area contributed by atoms with Crippen molar-refractivity contribution in [1.82, 2.24) is 9.97 Å². The first-order valence-electron chi connectivity index (χ1n) is 13.4. The number of fused-ring (bicyclic) bond motifs is 3. The van der Waals surface area contributed by atoms with Crippen molar-refractivity contribution in [3.63, 3.8) is 0 Å². The standard InChI is InChI=1S/C36H28N2Si/c1-39(2)32-22-10-9-21-31(32)34-35(39)33(29-19-11-17-27(23-29)25-13-5-3-6-14-25)37-36(38-34)30-20-12-18-28(24-30)26-15-7-4-8-16-26/h3-24H,1-2H3. The molecular weight excluding hydrogens is 488 g/mol. The fourth-order valence-electron chi connectivity index (χ4n) is 5.90. The van der Waals surface area contributed by atoms with Crippen LogP contribution >= 0.6 is 0 Å². The van der Waals surface area contributed by atoms with E-state index in [4.69, 9.17) is 9.97 Å². The van der Waals surface area contributed by atoms with E-state index in [-0.39, 0.29) is 0 Å². The highest BCUT2D eigenvalue weighted by molar-refractivity contribution is 7.04. The molecule has 0 saturated heterocycles. The van der Waals surface area contributed by atoms with E-state index in [9.17, 15) is 0 Å². The Kier molecular flexibility index (Phi) is 5.61. The van der Waals surface area contributed by atoms with Gasteiger partial charge in [-0.3, -0.25) is 0 Å². The molecule has 1 aliphatic rings. The van der Waals surface area contributed by atoms with Gasteiger partial charge in [-0.25, -0.2) is 9.97 Å². The van der Waals surface area contributed by atoms with Crippen molar-refractivity contribution >= 4 is 18.4 Å². The first-order valence-corrected chi connectivity index (χ1v) is 16.4. The third-order valence-corrected chi connectivity index (χ3v) is 11.4. The molecule has 0 saturated carbocycles. The second-order valence-corrected chi connectivity index (χ2v) is 15.0. The number of nitrogens with zero attached hydrogens (tertiary/aromatic N) is 2. The van der Waals surface area contributed by atoms with Crippen LogP contribution in [0, 0.1) is 0 Å². The van der Waals surface area contributed by atoms with Crippen LogP contribution in [0.3, 0.4) is 0 Å². The lowest BCUT2D eigenvalue weighted by atomic mass is 10.00. The van der Waals surface area contributed by atoms with Crippen LogP contribution in [0.1, 0.15) is 0 Å². The van der Waals surface area contributed by atoms with E-state index in [1.165, 1.54) is 38.2 Å². The summed E-state index contributed by atoms with van der Waals surface area (Å²) in [7, 11) is -2.02. The van der Waals surface area contributed by atoms with Gasteiger partial charge in [0.25, 0.3) is 0 Å². The smallest absolute Gasteiger partial charge is 0.160 e. The molecule has 3 heteroatoms. The second kappa shape index (κ2) is 9.30. The van der Waals surface area contributed by atoms with Crippen molar-refractivity contribution in [3.8, 4) is 56.2 Å². The zero-order chi connectivity index (χ0) is 26.4. The Hall–Kier alpha value is -4.60. The molecule has 0 fully saturated rings. The summed E-state index contributed by atoms with van der Waals surface area (Å²) in [6.07, 6.45) is 0. The van der Waals surface area contributed by atoms with E-state index in [1.807, 2.05) is 0 Å². The van der Waals surface area contributed by atoms with E-state index < -0.39 is 8.07 Å². The molecule has 186 valence electrons. The lowest BCUT2D eigenvalue weighted by Gasteiger charge is -2.22. The Morgan fingerprint density at radius 3 is 1.59 bits per heavy atom. The second-order valence-electron chi connectivity index (χ2n) is 10.7. The van der Waals surface area contributed by atoms with Gasteiger partial charge < -0.3 is 0 Å². The molecule has 39 heavy (non-hydrogen) atoms. The average Bonchev–Trinajstić information content (AvgIpc) is 3.24. The van der Waals surface area contributed by atoms with Gasteiger partial charge in [0.05, 0.1) is 11.4 Å². The lowest BCUT2D eigenvalue weighted by Crippen LogP contribution is -2.50. The average molecular weight is 517 g/mol. The van der Waals surface area contributed by atoms with Crippen molar-refractivity contribution in [3.05, 3.63) is 133 Å². The van der Waals surface area contributed by atoms with Crippen molar-refractivity contribution in [2.45, 2.75) is 13.1 Å². The Morgan fingerprint density at radius 2 is 0.923 bits per heavy atom. The molecule has 0 spiro atoms. The predicted octanol–water partition coefficient (Wildman–Crippen LogP) is 7.95. The zero-order valence-corrected chi connectivity index (χ0v) is 23.1. The van der Waals surface area contributed by atoms with E-state index in [2.05, 4.69) is 147 Å². The molecule has 0 atom stereocenters. The van der Waals surface area contributed by atoms with E-state index in [1.54, 1.807) is 0 Å². The maximum atomic E-state index is 5.36. The molecule has 0 aliphatic carbocycles. The maximum Gasteiger partial charge on any atom is 0.160 e. The van der Waals surface area contributed by atoms with Crippen LogP contribution in [0.15, 0.2) is 133 Å². The molecule has 2 nitrogen and oxygen atoms in total. The number of aromatic nitrogens is 2. The summed E-state index contributed by atoms with van der Waals surface area (Å²) in [5.74, 6) is 0.771. The van der Waals surface area contributed by atoms with E-state index in [0.717, 1.165) is 28.3 Å². The van der Waals surface area contributed by atoms with Gasteiger partial charge in [0.1, 0.15) is 8.07 Å². The highest BCUT2D eigenvalue weighted by Crippen LogP contribution is 2.35. The van der Waals surface area contributed by atoms with Gasteiger partial charge in [-0.2, -0.15) is 0 Å². The summed E-state index contributed by atoms with van der Waals surface area (Å²) in [6, 6.07) is 47.3. The molecule has 0 bridgehead atoms. The van der Waals surface area contributed by atoms with Crippen LogP contribution in [-0.4, -0.2) is 18.0 Å². The minimum atomic E-state index is -2.02. The summed E-state index contributed by atoms with van der Waals surface area (Å²) in [5.41, 5.74) is 10.3. The summed E-state index contributed by atoms with van der Waals surface area (Å²) >= 11 is 0. The van der Waals surface area contributed by atoms with Crippen molar-refractivity contribution < 1.29 is 0 Å². The molecule has 6 aromatic rings. The van der Waals surface area contributed by atoms with Gasteiger partial charge in [-0.05, 0) is 50.3 Å². The van der Waals surface area contributed by atoms with Crippen LogP contribution < -0.4 is 10.4 Å². The highest BCUT2D eigenvalue weighted by atomic mass is 28.3. The van der Waals surface area contributed by atoms with Crippen molar-refractivity contribution in [2.75, 3.05) is 0 Å². The Labute approximate surface area is 230 Å². The topological polar surface area (TPSA) is 25.8 Å². The van der Waals surface area contributed by atoms with Crippen LogP contribution in [0.2, 0.25) is 13.1 Å².